The lowest BCUT2D eigenvalue weighted by Crippen LogP contribution is -2.38. The van der Waals surface area contributed by atoms with Crippen molar-refractivity contribution in [3.8, 4) is 10.4 Å². The fraction of sp³-hybridized carbons (Fsp3) is 0.433. The molecule has 1 aliphatic rings. The molecule has 1 fully saturated rings. The Bertz CT molecular complexity index is 1590. The largest absolute Gasteiger partial charge is 0.447 e. The number of sulfonamides is 1. The SMILES string of the molecule is CCNS(=O)(=O)c1cc(NC(=O)NCc2ccccc2)ccc1-c1sc([C@H]2CC[C@H](NC(=O)OC(C)C)CC2)nc1C(F)(F)F. The number of ether oxygens (including phenoxy) is 1. The van der Waals surface area contributed by atoms with Gasteiger partial charge in [0.15, 0.2) is 5.69 Å². The highest BCUT2D eigenvalue weighted by atomic mass is 32.2. The summed E-state index contributed by atoms with van der Waals surface area (Å²) in [5.41, 5.74) is -0.412. The lowest BCUT2D eigenvalue weighted by molar-refractivity contribution is -0.140. The number of alkyl halides is 3. The van der Waals surface area contributed by atoms with Crippen molar-refractivity contribution in [2.24, 2.45) is 0 Å². The number of hydrogen-bond acceptors (Lipinski definition) is 7. The molecule has 0 unspecified atom stereocenters. The number of aromatic nitrogens is 1. The van der Waals surface area contributed by atoms with Crippen LogP contribution in [0.15, 0.2) is 53.4 Å². The van der Waals surface area contributed by atoms with E-state index >= 15 is 0 Å². The zero-order valence-corrected chi connectivity index (χ0v) is 26.7. The molecular weight excluding hydrogens is 631 g/mol. The third kappa shape index (κ3) is 9.17. The number of alkyl carbamates (subject to hydrolysis) is 1. The summed E-state index contributed by atoms with van der Waals surface area (Å²) in [6, 6.07) is 12.1. The summed E-state index contributed by atoms with van der Waals surface area (Å²) in [7, 11) is -4.27. The zero-order chi connectivity index (χ0) is 32.8. The summed E-state index contributed by atoms with van der Waals surface area (Å²) < 4.78 is 77.0. The summed E-state index contributed by atoms with van der Waals surface area (Å²) in [6.07, 6.45) is -3.64. The van der Waals surface area contributed by atoms with Gasteiger partial charge in [-0.3, -0.25) is 0 Å². The molecule has 1 aliphatic carbocycles. The first-order valence-corrected chi connectivity index (χ1v) is 16.8. The minimum absolute atomic E-state index is 0.000945. The van der Waals surface area contributed by atoms with Gasteiger partial charge in [-0.2, -0.15) is 13.2 Å². The number of urea groups is 1. The van der Waals surface area contributed by atoms with Gasteiger partial charge in [0, 0.05) is 36.3 Å². The van der Waals surface area contributed by atoms with Crippen LogP contribution in [0.4, 0.5) is 28.4 Å². The molecule has 4 rings (SSSR count). The van der Waals surface area contributed by atoms with E-state index in [4.69, 9.17) is 4.74 Å². The quantitative estimate of drug-likeness (QED) is 0.192. The highest BCUT2D eigenvalue weighted by Crippen LogP contribution is 2.46. The van der Waals surface area contributed by atoms with Gasteiger partial charge in [-0.1, -0.05) is 43.3 Å². The molecule has 2 aromatic carbocycles. The fourth-order valence-corrected chi connectivity index (χ4v) is 7.65. The van der Waals surface area contributed by atoms with E-state index in [-0.39, 0.29) is 52.3 Å². The van der Waals surface area contributed by atoms with Gasteiger partial charge >= 0.3 is 18.3 Å². The number of amides is 3. The molecule has 45 heavy (non-hydrogen) atoms. The molecular formula is C30H36F3N5O5S2. The molecule has 0 aliphatic heterocycles. The van der Waals surface area contributed by atoms with Gasteiger partial charge < -0.3 is 20.7 Å². The Labute approximate surface area is 264 Å². The van der Waals surface area contributed by atoms with Crippen molar-refractivity contribution in [2.45, 2.75) is 82.1 Å². The average molecular weight is 668 g/mol. The third-order valence-electron chi connectivity index (χ3n) is 7.06. The molecule has 1 saturated carbocycles. The van der Waals surface area contributed by atoms with Crippen molar-refractivity contribution >= 4 is 39.2 Å². The van der Waals surface area contributed by atoms with E-state index in [1.54, 1.807) is 20.8 Å². The van der Waals surface area contributed by atoms with Gasteiger partial charge in [0.05, 0.1) is 20.9 Å². The maximum Gasteiger partial charge on any atom is 0.434 e. The van der Waals surface area contributed by atoms with Crippen molar-refractivity contribution in [1.29, 1.82) is 0 Å². The van der Waals surface area contributed by atoms with E-state index < -0.39 is 38.9 Å². The van der Waals surface area contributed by atoms with Gasteiger partial charge in [-0.15, -0.1) is 11.3 Å². The predicted octanol–water partition coefficient (Wildman–Crippen LogP) is 6.61. The van der Waals surface area contributed by atoms with Crippen LogP contribution >= 0.6 is 11.3 Å². The molecule has 10 nitrogen and oxygen atoms in total. The molecule has 0 saturated heterocycles. The van der Waals surface area contributed by atoms with E-state index in [1.165, 1.54) is 12.1 Å². The standard InChI is InChI=1S/C30H36F3N5O5S2/c1-4-35-45(41,42)24-16-22(36-28(39)34-17-19-8-6-5-7-9-19)14-15-23(24)25-26(30(31,32)33)38-27(44-25)20-10-12-21(13-11-20)37-29(40)43-18(2)3/h5-9,14-16,18,20-21,35H,4,10-13,17H2,1-3H3,(H,37,40)(H2,34,36,39)/t20-,21-. The van der Waals surface area contributed by atoms with Crippen LogP contribution in [-0.2, 0) is 27.5 Å². The van der Waals surface area contributed by atoms with Crippen molar-refractivity contribution < 1.29 is 35.9 Å². The van der Waals surface area contributed by atoms with Crippen molar-refractivity contribution in [3.05, 3.63) is 64.8 Å². The number of rotatable bonds is 10. The molecule has 244 valence electrons. The highest BCUT2D eigenvalue weighted by molar-refractivity contribution is 7.89. The first kappa shape index (κ1) is 34.2. The van der Waals surface area contributed by atoms with Gasteiger partial charge in [0.1, 0.15) is 0 Å². The first-order chi connectivity index (χ1) is 21.3. The van der Waals surface area contributed by atoms with E-state index in [0.29, 0.717) is 25.7 Å². The van der Waals surface area contributed by atoms with Gasteiger partial charge in [-0.25, -0.2) is 27.7 Å². The van der Waals surface area contributed by atoms with E-state index in [2.05, 4.69) is 25.7 Å². The van der Waals surface area contributed by atoms with Crippen LogP contribution in [-0.4, -0.2) is 44.2 Å². The summed E-state index contributed by atoms with van der Waals surface area (Å²) in [4.78, 5) is 27.8. The minimum atomic E-state index is -4.85. The Hall–Kier alpha value is -3.69. The Balaban J connectivity index is 1.61. The van der Waals surface area contributed by atoms with Crippen molar-refractivity contribution in [3.63, 3.8) is 0 Å². The number of hydrogen-bond donors (Lipinski definition) is 4. The van der Waals surface area contributed by atoms with Crippen LogP contribution in [0.2, 0.25) is 0 Å². The molecule has 4 N–H and O–H groups in total. The Morgan fingerprint density at radius 1 is 1.07 bits per heavy atom. The lowest BCUT2D eigenvalue weighted by atomic mass is 9.86. The number of thiazole rings is 1. The second kappa shape index (κ2) is 14.6. The van der Waals surface area contributed by atoms with Crippen LogP contribution in [0, 0.1) is 0 Å². The maximum absolute atomic E-state index is 14.3. The van der Waals surface area contributed by atoms with Gasteiger partial charge in [0.25, 0.3) is 0 Å². The Kier molecular flexibility index (Phi) is 11.1. The van der Waals surface area contributed by atoms with E-state index in [0.717, 1.165) is 23.0 Å². The second-order valence-corrected chi connectivity index (χ2v) is 13.6. The summed E-state index contributed by atoms with van der Waals surface area (Å²) in [6.45, 7) is 5.23. The molecule has 0 bridgehead atoms. The molecule has 0 atom stereocenters. The molecule has 1 heterocycles. The van der Waals surface area contributed by atoms with Gasteiger partial charge in [-0.05, 0) is 57.2 Å². The monoisotopic (exact) mass is 667 g/mol. The van der Waals surface area contributed by atoms with Crippen LogP contribution in [0.25, 0.3) is 10.4 Å². The van der Waals surface area contributed by atoms with Crippen LogP contribution in [0.3, 0.4) is 0 Å². The minimum Gasteiger partial charge on any atom is -0.447 e. The lowest BCUT2D eigenvalue weighted by Gasteiger charge is -2.28. The van der Waals surface area contributed by atoms with Crippen molar-refractivity contribution in [1.82, 2.24) is 20.3 Å². The average Bonchev–Trinajstić information content (AvgIpc) is 3.43. The number of halogens is 3. The predicted molar refractivity (Wildman–Crippen MR) is 165 cm³/mol. The molecule has 0 spiro atoms. The third-order valence-corrected chi connectivity index (χ3v) is 9.89. The van der Waals surface area contributed by atoms with Crippen LogP contribution in [0.5, 0.6) is 0 Å². The molecule has 15 heteroatoms. The molecule has 3 amide bonds. The van der Waals surface area contributed by atoms with Crippen LogP contribution in [0.1, 0.15) is 68.6 Å². The molecule has 3 aromatic rings. The summed E-state index contributed by atoms with van der Waals surface area (Å²) in [5.74, 6) is -0.299. The smallest absolute Gasteiger partial charge is 0.434 e. The number of carbonyl (C=O) groups excluding carboxylic acids is 2. The van der Waals surface area contributed by atoms with Crippen LogP contribution < -0.4 is 20.7 Å². The number of benzene rings is 2. The maximum atomic E-state index is 14.3. The molecule has 1 aromatic heterocycles. The van der Waals surface area contributed by atoms with E-state index in [9.17, 15) is 31.2 Å². The Morgan fingerprint density at radius 2 is 1.76 bits per heavy atom. The first-order valence-electron chi connectivity index (χ1n) is 14.5. The number of nitrogens with one attached hydrogen (secondary N) is 4. The fourth-order valence-electron chi connectivity index (χ4n) is 5.02. The summed E-state index contributed by atoms with van der Waals surface area (Å²) >= 11 is 0.808. The topological polar surface area (TPSA) is 139 Å². The summed E-state index contributed by atoms with van der Waals surface area (Å²) in [5, 5.41) is 8.26. The number of anilines is 1. The Morgan fingerprint density at radius 3 is 2.38 bits per heavy atom. The highest BCUT2D eigenvalue weighted by Gasteiger charge is 2.40. The second-order valence-electron chi connectivity index (χ2n) is 10.9. The van der Waals surface area contributed by atoms with Gasteiger partial charge in [0.2, 0.25) is 10.0 Å². The number of carbonyl (C=O) groups is 2. The van der Waals surface area contributed by atoms with Crippen molar-refractivity contribution in [2.75, 3.05) is 11.9 Å². The number of nitrogens with zero attached hydrogens (tertiary/aromatic N) is 1. The van der Waals surface area contributed by atoms with E-state index in [1.807, 2.05) is 30.3 Å². The molecule has 0 radical (unpaired) electrons. The normalized spacial score (nSPS) is 17.1. The zero-order valence-electron chi connectivity index (χ0n) is 25.0.